The second-order valence-corrected chi connectivity index (χ2v) is 9.65. The Balaban J connectivity index is 0.000000905. The predicted octanol–water partition coefficient (Wildman–Crippen LogP) is 0.432. The second-order valence-electron chi connectivity index (χ2n) is 7.71. The molecule has 2 rings (SSSR count). The lowest BCUT2D eigenvalue weighted by Crippen LogP contribution is -2.38. The molecule has 0 spiro atoms. The van der Waals surface area contributed by atoms with Crippen LogP contribution in [0.3, 0.4) is 0 Å². The van der Waals surface area contributed by atoms with Gasteiger partial charge in [-0.2, -0.15) is 4.31 Å². The number of benzene rings is 1. The molecule has 0 bridgehead atoms. The first kappa shape index (κ1) is 30.5. The average molecular weight is 517 g/mol. The highest BCUT2D eigenvalue weighted by Crippen LogP contribution is 2.23. The van der Waals surface area contributed by atoms with E-state index in [1.165, 1.54) is 4.31 Å². The number of carboxylic acid groups (broad SMARTS) is 2. The number of sulfonamides is 1. The van der Waals surface area contributed by atoms with Crippen LogP contribution in [0.2, 0.25) is 0 Å². The quantitative estimate of drug-likeness (QED) is 0.239. The van der Waals surface area contributed by atoms with Gasteiger partial charge >= 0.3 is 11.9 Å². The number of aryl methyl sites for hydroxylation is 1. The van der Waals surface area contributed by atoms with E-state index in [1.54, 1.807) is 18.2 Å². The van der Waals surface area contributed by atoms with E-state index in [2.05, 4.69) is 15.5 Å². The number of amides is 1. The molecule has 4 N–H and O–H groups in total. The predicted molar refractivity (Wildman–Crippen MR) is 130 cm³/mol. The van der Waals surface area contributed by atoms with Crippen molar-refractivity contribution in [1.29, 1.82) is 0 Å². The zero-order chi connectivity index (χ0) is 26.4. The molecule has 0 aliphatic carbocycles. The van der Waals surface area contributed by atoms with Gasteiger partial charge in [-0.25, -0.2) is 18.0 Å². The molecule has 1 aliphatic rings. The first-order chi connectivity index (χ1) is 16.5. The molecule has 0 radical (unpaired) electrons. The number of morpholine rings is 1. The Bertz CT molecular complexity index is 933. The topological polar surface area (TPSA) is 166 Å². The van der Waals surface area contributed by atoms with Gasteiger partial charge in [0.1, 0.15) is 0 Å². The smallest absolute Gasteiger partial charge is 0.414 e. The maximum Gasteiger partial charge on any atom is 0.414 e. The van der Waals surface area contributed by atoms with Crippen molar-refractivity contribution in [3.8, 4) is 0 Å². The number of aliphatic carboxylic acids is 2. The number of carbonyl (C=O) groups is 3. The Labute approximate surface area is 206 Å². The molecule has 1 heterocycles. The van der Waals surface area contributed by atoms with E-state index in [-0.39, 0.29) is 17.3 Å². The van der Waals surface area contributed by atoms with Gasteiger partial charge in [0.2, 0.25) is 15.9 Å². The fraction of sp³-hybridized carbons (Fsp3) is 0.591. The molecule has 198 valence electrons. The van der Waals surface area contributed by atoms with Crippen LogP contribution >= 0.6 is 0 Å². The monoisotopic (exact) mass is 516 g/mol. The summed E-state index contributed by atoms with van der Waals surface area (Å²) in [5.74, 6) is -3.83. The van der Waals surface area contributed by atoms with Gasteiger partial charge in [-0.05, 0) is 44.1 Å². The van der Waals surface area contributed by atoms with Gasteiger partial charge in [-0.1, -0.05) is 19.9 Å². The summed E-state index contributed by atoms with van der Waals surface area (Å²) >= 11 is 0. The zero-order valence-corrected chi connectivity index (χ0v) is 21.3. The standard InChI is InChI=1S/C20H34N4O4S.C2H2O4/c1-4-24(5-2)29(26,27)18-8-7-17(3)19(15-18)22-20(25)16-21-9-6-10-23-11-13-28-14-12-23;3-1(4)2(5)6/h7-8,15,21H,4-6,9-14,16H2,1-3H3,(H,22,25);(H,3,4)(H,5,6). The number of carboxylic acids is 2. The van der Waals surface area contributed by atoms with Gasteiger partial charge in [-0.15, -0.1) is 0 Å². The van der Waals surface area contributed by atoms with E-state index in [0.717, 1.165) is 51.4 Å². The van der Waals surface area contributed by atoms with Crippen LogP contribution in [0.15, 0.2) is 23.1 Å². The Morgan fingerprint density at radius 2 is 1.69 bits per heavy atom. The average Bonchev–Trinajstić information content (AvgIpc) is 2.81. The molecule has 0 aromatic heterocycles. The summed E-state index contributed by atoms with van der Waals surface area (Å²) < 4.78 is 32.1. The maximum atomic E-state index is 12.7. The van der Waals surface area contributed by atoms with Crippen molar-refractivity contribution in [3.05, 3.63) is 23.8 Å². The number of hydrogen-bond donors (Lipinski definition) is 4. The number of anilines is 1. The minimum absolute atomic E-state index is 0.183. The highest BCUT2D eigenvalue weighted by molar-refractivity contribution is 7.89. The third-order valence-corrected chi connectivity index (χ3v) is 7.27. The van der Waals surface area contributed by atoms with Crippen LogP contribution < -0.4 is 10.6 Å². The minimum Gasteiger partial charge on any atom is -0.473 e. The molecule has 0 saturated carbocycles. The summed E-state index contributed by atoms with van der Waals surface area (Å²) in [6, 6.07) is 4.85. The molecule has 13 heteroatoms. The molecule has 1 saturated heterocycles. The van der Waals surface area contributed by atoms with E-state index in [0.29, 0.717) is 18.8 Å². The summed E-state index contributed by atoms with van der Waals surface area (Å²) in [5, 5.41) is 20.8. The molecule has 1 aliphatic heterocycles. The van der Waals surface area contributed by atoms with E-state index >= 15 is 0 Å². The number of ether oxygens (including phenoxy) is 1. The van der Waals surface area contributed by atoms with E-state index in [4.69, 9.17) is 24.5 Å². The Morgan fingerprint density at radius 1 is 1.09 bits per heavy atom. The summed E-state index contributed by atoms with van der Waals surface area (Å²) in [4.78, 5) is 33.0. The summed E-state index contributed by atoms with van der Waals surface area (Å²) in [6.45, 7) is 11.7. The van der Waals surface area contributed by atoms with Crippen molar-refractivity contribution in [2.45, 2.75) is 32.1 Å². The highest BCUT2D eigenvalue weighted by Gasteiger charge is 2.22. The molecule has 1 fully saturated rings. The van der Waals surface area contributed by atoms with Gasteiger partial charge in [0.15, 0.2) is 0 Å². The molecular weight excluding hydrogens is 480 g/mol. The SMILES string of the molecule is CCN(CC)S(=O)(=O)c1ccc(C)c(NC(=O)CNCCCN2CCOCC2)c1.O=C(O)C(=O)O. The summed E-state index contributed by atoms with van der Waals surface area (Å²) in [7, 11) is -3.56. The molecule has 35 heavy (non-hydrogen) atoms. The number of rotatable bonds is 11. The van der Waals surface area contributed by atoms with Gasteiger partial charge in [0.25, 0.3) is 0 Å². The number of nitrogens with one attached hydrogen (secondary N) is 2. The van der Waals surface area contributed by atoms with E-state index in [9.17, 15) is 13.2 Å². The number of nitrogens with zero attached hydrogens (tertiary/aromatic N) is 2. The molecule has 1 amide bonds. The molecule has 12 nitrogen and oxygen atoms in total. The molecule has 0 atom stereocenters. The summed E-state index contributed by atoms with van der Waals surface area (Å²) in [5.41, 5.74) is 1.35. The lowest BCUT2D eigenvalue weighted by atomic mass is 10.2. The minimum atomic E-state index is -3.56. The lowest BCUT2D eigenvalue weighted by Gasteiger charge is -2.26. The van der Waals surface area contributed by atoms with Crippen molar-refractivity contribution in [1.82, 2.24) is 14.5 Å². The fourth-order valence-corrected chi connectivity index (χ4v) is 4.74. The van der Waals surface area contributed by atoms with Crippen LogP contribution in [0.1, 0.15) is 25.8 Å². The van der Waals surface area contributed by atoms with Crippen LogP contribution in [0.25, 0.3) is 0 Å². The van der Waals surface area contributed by atoms with Crippen molar-refractivity contribution >= 4 is 33.6 Å². The first-order valence-electron chi connectivity index (χ1n) is 11.4. The number of hydrogen-bond acceptors (Lipinski definition) is 8. The molecule has 0 unspecified atom stereocenters. The van der Waals surface area contributed by atoms with Gasteiger partial charge in [0.05, 0.1) is 24.7 Å². The third kappa shape index (κ3) is 10.7. The lowest BCUT2D eigenvalue weighted by molar-refractivity contribution is -0.159. The van der Waals surface area contributed by atoms with Crippen molar-refractivity contribution in [3.63, 3.8) is 0 Å². The van der Waals surface area contributed by atoms with Crippen LogP contribution in [0.5, 0.6) is 0 Å². The number of carbonyl (C=O) groups excluding carboxylic acids is 1. The van der Waals surface area contributed by atoms with Crippen LogP contribution in [-0.4, -0.2) is 105 Å². The third-order valence-electron chi connectivity index (χ3n) is 5.23. The van der Waals surface area contributed by atoms with E-state index in [1.807, 2.05) is 20.8 Å². The van der Waals surface area contributed by atoms with Gasteiger partial charge in [-0.3, -0.25) is 9.69 Å². The zero-order valence-electron chi connectivity index (χ0n) is 20.4. The molecule has 1 aromatic rings. The highest BCUT2D eigenvalue weighted by atomic mass is 32.2. The van der Waals surface area contributed by atoms with Crippen molar-refractivity contribution in [2.24, 2.45) is 0 Å². The maximum absolute atomic E-state index is 12.7. The van der Waals surface area contributed by atoms with Gasteiger partial charge in [0, 0.05) is 31.9 Å². The van der Waals surface area contributed by atoms with Crippen LogP contribution in [-0.2, 0) is 29.1 Å². The Hall–Kier alpha value is -2.58. The molecule has 1 aromatic carbocycles. The molecular formula is C22H36N4O8S. The van der Waals surface area contributed by atoms with Crippen molar-refractivity contribution in [2.75, 3.05) is 64.3 Å². The Kier molecular flexibility index (Phi) is 13.4. The summed E-state index contributed by atoms with van der Waals surface area (Å²) in [6.07, 6.45) is 0.962. The van der Waals surface area contributed by atoms with Gasteiger partial charge < -0.3 is 25.6 Å². The fourth-order valence-electron chi connectivity index (χ4n) is 3.26. The van der Waals surface area contributed by atoms with Crippen molar-refractivity contribution < 1.29 is 37.8 Å². The van der Waals surface area contributed by atoms with Crippen LogP contribution in [0.4, 0.5) is 5.69 Å². The first-order valence-corrected chi connectivity index (χ1v) is 12.8. The largest absolute Gasteiger partial charge is 0.473 e. The van der Waals surface area contributed by atoms with E-state index < -0.39 is 22.0 Å². The normalized spacial score (nSPS) is 14.2. The second kappa shape index (κ2) is 15.4. The Morgan fingerprint density at radius 3 is 2.23 bits per heavy atom. The van der Waals surface area contributed by atoms with Crippen LogP contribution in [0, 0.1) is 6.92 Å².